The number of piperazine rings is 1. The Morgan fingerprint density at radius 2 is 1.64 bits per heavy atom. The zero-order chi connectivity index (χ0) is 18.0. The van der Waals surface area contributed by atoms with Crippen molar-refractivity contribution in [3.63, 3.8) is 0 Å². The summed E-state index contributed by atoms with van der Waals surface area (Å²) in [5.41, 5.74) is 1.83. The van der Waals surface area contributed by atoms with Gasteiger partial charge in [-0.05, 0) is 55.0 Å². The molecule has 0 bridgehead atoms. The molecule has 0 amide bonds. The predicted octanol–water partition coefficient (Wildman–Crippen LogP) is 3.17. The molecule has 7 heteroatoms. The number of hydrogen-bond acceptors (Lipinski definition) is 4. The van der Waals surface area contributed by atoms with Crippen molar-refractivity contribution in [2.24, 2.45) is 0 Å². The summed E-state index contributed by atoms with van der Waals surface area (Å²) in [5, 5.41) is 0.572. The van der Waals surface area contributed by atoms with Crippen molar-refractivity contribution in [1.82, 2.24) is 4.31 Å². The second-order valence-corrected chi connectivity index (χ2v) is 8.35. The molecule has 134 valence electrons. The van der Waals surface area contributed by atoms with Crippen molar-refractivity contribution in [2.45, 2.75) is 11.8 Å². The van der Waals surface area contributed by atoms with Crippen molar-refractivity contribution in [1.29, 1.82) is 0 Å². The van der Waals surface area contributed by atoms with E-state index in [0.29, 0.717) is 36.1 Å². The van der Waals surface area contributed by atoms with Crippen LogP contribution in [-0.2, 0) is 10.0 Å². The quantitative estimate of drug-likeness (QED) is 0.817. The van der Waals surface area contributed by atoms with E-state index < -0.39 is 10.0 Å². The minimum absolute atomic E-state index is 0.298. The number of ether oxygens (including phenoxy) is 1. The van der Waals surface area contributed by atoms with Gasteiger partial charge in [-0.25, -0.2) is 8.42 Å². The topological polar surface area (TPSA) is 49.9 Å². The minimum Gasteiger partial charge on any atom is -0.497 e. The monoisotopic (exact) mass is 380 g/mol. The molecule has 0 atom stereocenters. The van der Waals surface area contributed by atoms with Gasteiger partial charge in [0.1, 0.15) is 5.75 Å². The summed E-state index contributed by atoms with van der Waals surface area (Å²) in [5.74, 6) is 0.808. The highest BCUT2D eigenvalue weighted by Crippen LogP contribution is 2.25. The van der Waals surface area contributed by atoms with Gasteiger partial charge in [-0.3, -0.25) is 0 Å². The van der Waals surface area contributed by atoms with Crippen LogP contribution in [-0.4, -0.2) is 46.0 Å². The Kier molecular flexibility index (Phi) is 5.22. The van der Waals surface area contributed by atoms with Gasteiger partial charge < -0.3 is 9.64 Å². The Balaban J connectivity index is 1.71. The second-order valence-electron chi connectivity index (χ2n) is 6.00. The summed E-state index contributed by atoms with van der Waals surface area (Å²) >= 11 is 6.00. The summed E-state index contributed by atoms with van der Waals surface area (Å²) in [4.78, 5) is 2.48. The van der Waals surface area contributed by atoms with Gasteiger partial charge in [-0.1, -0.05) is 11.6 Å². The van der Waals surface area contributed by atoms with Crippen LogP contribution >= 0.6 is 11.6 Å². The van der Waals surface area contributed by atoms with E-state index >= 15 is 0 Å². The molecule has 1 aliphatic heterocycles. The molecule has 0 aromatic heterocycles. The molecule has 1 saturated heterocycles. The lowest BCUT2D eigenvalue weighted by molar-refractivity contribution is 0.384. The number of nitrogens with zero attached hydrogens (tertiary/aromatic N) is 2. The van der Waals surface area contributed by atoms with Crippen molar-refractivity contribution >= 4 is 27.3 Å². The molecule has 3 rings (SSSR count). The number of benzene rings is 2. The number of halogens is 1. The summed E-state index contributed by atoms with van der Waals surface area (Å²) in [6.07, 6.45) is 0. The average Bonchev–Trinajstić information content (AvgIpc) is 2.64. The molecule has 0 unspecified atom stereocenters. The normalized spacial score (nSPS) is 16.0. The lowest BCUT2D eigenvalue weighted by atomic mass is 10.2. The molecule has 1 heterocycles. The summed E-state index contributed by atoms with van der Waals surface area (Å²) in [6.45, 7) is 4.02. The molecule has 2 aromatic carbocycles. The molecule has 0 saturated carbocycles. The Bertz CT molecular complexity index is 845. The van der Waals surface area contributed by atoms with Gasteiger partial charge in [-0.2, -0.15) is 4.31 Å². The SMILES string of the molecule is COc1ccc(N2CCN(S(=O)(=O)c3ccc(Cl)c(C)c3)CC2)cc1. The van der Waals surface area contributed by atoms with Crippen LogP contribution in [0.25, 0.3) is 0 Å². The first-order chi connectivity index (χ1) is 11.9. The van der Waals surface area contributed by atoms with E-state index in [-0.39, 0.29) is 0 Å². The van der Waals surface area contributed by atoms with Gasteiger partial charge in [0.25, 0.3) is 0 Å². The van der Waals surface area contributed by atoms with Crippen LogP contribution in [0.4, 0.5) is 5.69 Å². The van der Waals surface area contributed by atoms with Crippen LogP contribution in [0.3, 0.4) is 0 Å². The standard InChI is InChI=1S/C18H21ClN2O3S/c1-14-13-17(7-8-18(14)19)25(22,23)21-11-9-20(10-12-21)15-3-5-16(24-2)6-4-15/h3-8,13H,9-12H2,1-2H3. The van der Waals surface area contributed by atoms with Gasteiger partial charge in [0.05, 0.1) is 12.0 Å². The summed E-state index contributed by atoms with van der Waals surface area (Å²) in [6, 6.07) is 12.6. The molecule has 0 N–H and O–H groups in total. The van der Waals surface area contributed by atoms with Crippen LogP contribution in [0, 0.1) is 6.92 Å². The molecule has 25 heavy (non-hydrogen) atoms. The lowest BCUT2D eigenvalue weighted by Gasteiger charge is -2.35. The molecule has 2 aromatic rings. The maximum Gasteiger partial charge on any atom is 0.243 e. The molecule has 1 aliphatic rings. The number of methoxy groups -OCH3 is 1. The fraction of sp³-hybridized carbons (Fsp3) is 0.333. The van der Waals surface area contributed by atoms with Gasteiger partial charge >= 0.3 is 0 Å². The fourth-order valence-electron chi connectivity index (χ4n) is 2.91. The van der Waals surface area contributed by atoms with Gasteiger partial charge in [-0.15, -0.1) is 0 Å². The highest BCUT2D eigenvalue weighted by Gasteiger charge is 2.28. The zero-order valence-corrected chi connectivity index (χ0v) is 15.8. The Hall–Kier alpha value is -1.76. The van der Waals surface area contributed by atoms with E-state index in [0.717, 1.165) is 17.0 Å². The molecule has 0 radical (unpaired) electrons. The predicted molar refractivity (Wildman–Crippen MR) is 100 cm³/mol. The highest BCUT2D eigenvalue weighted by atomic mass is 35.5. The van der Waals surface area contributed by atoms with E-state index in [1.165, 1.54) is 4.31 Å². The molecular weight excluding hydrogens is 360 g/mol. The first-order valence-electron chi connectivity index (χ1n) is 8.07. The van der Waals surface area contributed by atoms with Crippen molar-refractivity contribution in [3.05, 3.63) is 53.1 Å². The van der Waals surface area contributed by atoms with E-state index in [4.69, 9.17) is 16.3 Å². The number of hydrogen-bond donors (Lipinski definition) is 0. The molecule has 1 fully saturated rings. The summed E-state index contributed by atoms with van der Waals surface area (Å²) in [7, 11) is -1.85. The van der Waals surface area contributed by atoms with Crippen LogP contribution in [0.1, 0.15) is 5.56 Å². The van der Waals surface area contributed by atoms with Crippen molar-refractivity contribution < 1.29 is 13.2 Å². The Labute approximate surface area is 153 Å². The number of anilines is 1. The van der Waals surface area contributed by atoms with Crippen LogP contribution in [0.5, 0.6) is 5.75 Å². The third-order valence-electron chi connectivity index (χ3n) is 4.44. The van der Waals surface area contributed by atoms with Crippen LogP contribution in [0.2, 0.25) is 5.02 Å². The summed E-state index contributed by atoms with van der Waals surface area (Å²) < 4.78 is 32.4. The third kappa shape index (κ3) is 3.76. The maximum absolute atomic E-state index is 12.8. The molecule has 0 spiro atoms. The first kappa shape index (κ1) is 18.0. The van der Waals surface area contributed by atoms with Crippen LogP contribution in [0.15, 0.2) is 47.4 Å². The number of sulfonamides is 1. The Morgan fingerprint density at radius 3 is 2.20 bits per heavy atom. The van der Waals surface area contributed by atoms with Crippen molar-refractivity contribution in [3.8, 4) is 5.75 Å². The first-order valence-corrected chi connectivity index (χ1v) is 9.89. The van der Waals surface area contributed by atoms with E-state index in [1.54, 1.807) is 25.3 Å². The largest absolute Gasteiger partial charge is 0.497 e. The highest BCUT2D eigenvalue weighted by molar-refractivity contribution is 7.89. The third-order valence-corrected chi connectivity index (χ3v) is 6.76. The van der Waals surface area contributed by atoms with Crippen molar-refractivity contribution in [2.75, 3.05) is 38.2 Å². The number of rotatable bonds is 4. The van der Waals surface area contributed by atoms with E-state index in [2.05, 4.69) is 4.90 Å². The van der Waals surface area contributed by atoms with Crippen LogP contribution < -0.4 is 9.64 Å². The average molecular weight is 381 g/mol. The molecular formula is C18H21ClN2O3S. The van der Waals surface area contributed by atoms with Gasteiger partial charge in [0.2, 0.25) is 10.0 Å². The smallest absolute Gasteiger partial charge is 0.243 e. The zero-order valence-electron chi connectivity index (χ0n) is 14.3. The van der Waals surface area contributed by atoms with Gasteiger partial charge in [0.15, 0.2) is 0 Å². The molecule has 5 nitrogen and oxygen atoms in total. The van der Waals surface area contributed by atoms with E-state index in [9.17, 15) is 8.42 Å². The number of aryl methyl sites for hydroxylation is 1. The lowest BCUT2D eigenvalue weighted by Crippen LogP contribution is -2.48. The fourth-order valence-corrected chi connectivity index (χ4v) is 4.53. The molecule has 0 aliphatic carbocycles. The Morgan fingerprint density at radius 1 is 1.00 bits per heavy atom. The second kappa shape index (κ2) is 7.23. The van der Waals surface area contributed by atoms with Gasteiger partial charge in [0, 0.05) is 36.9 Å². The van der Waals surface area contributed by atoms with E-state index in [1.807, 2.05) is 31.2 Å². The minimum atomic E-state index is -3.49. The maximum atomic E-state index is 12.8.